The molecule has 1 aliphatic heterocycles. The minimum atomic E-state index is -0.422. The third-order valence-corrected chi connectivity index (χ3v) is 5.45. The number of anilines is 1. The van der Waals surface area contributed by atoms with Crippen LogP contribution in [0.4, 0.5) is 11.4 Å². The van der Waals surface area contributed by atoms with Crippen LogP contribution in [0.15, 0.2) is 28.5 Å². The predicted octanol–water partition coefficient (Wildman–Crippen LogP) is 3.05. The van der Waals surface area contributed by atoms with Gasteiger partial charge in [0, 0.05) is 30.7 Å². The van der Waals surface area contributed by atoms with Crippen molar-refractivity contribution in [3.8, 4) is 0 Å². The van der Waals surface area contributed by atoms with Crippen LogP contribution in [0.3, 0.4) is 0 Å². The van der Waals surface area contributed by atoms with E-state index in [9.17, 15) is 14.9 Å². The average molecular weight is 344 g/mol. The maximum atomic E-state index is 12.2. The maximum absolute atomic E-state index is 12.2. The average Bonchev–Trinajstić information content (AvgIpc) is 3.03. The lowest BCUT2D eigenvalue weighted by Crippen LogP contribution is -2.33. The van der Waals surface area contributed by atoms with Gasteiger partial charge in [-0.05, 0) is 24.8 Å². The Bertz CT molecular complexity index is 1000. The van der Waals surface area contributed by atoms with Gasteiger partial charge in [-0.1, -0.05) is 6.92 Å². The molecule has 0 bridgehead atoms. The van der Waals surface area contributed by atoms with Crippen molar-refractivity contribution in [2.24, 2.45) is 5.92 Å². The second-order valence-corrected chi connectivity index (χ2v) is 7.13. The molecule has 2 aromatic heterocycles. The van der Waals surface area contributed by atoms with Gasteiger partial charge in [0.15, 0.2) is 4.96 Å². The summed E-state index contributed by atoms with van der Waals surface area (Å²) in [6.45, 7) is 3.78. The third kappa shape index (κ3) is 2.34. The molecule has 1 aromatic carbocycles. The van der Waals surface area contributed by atoms with Crippen molar-refractivity contribution < 1.29 is 4.92 Å². The topological polar surface area (TPSA) is 80.8 Å². The van der Waals surface area contributed by atoms with Gasteiger partial charge in [0.25, 0.3) is 11.2 Å². The van der Waals surface area contributed by atoms with Gasteiger partial charge in [-0.2, -0.15) is 4.98 Å². The number of hydrogen-bond donors (Lipinski definition) is 0. The van der Waals surface area contributed by atoms with Crippen molar-refractivity contribution in [1.82, 2.24) is 9.38 Å². The van der Waals surface area contributed by atoms with Crippen LogP contribution >= 0.6 is 11.3 Å². The predicted molar refractivity (Wildman–Crippen MR) is 94.1 cm³/mol. The number of piperidine rings is 1. The van der Waals surface area contributed by atoms with Gasteiger partial charge in [-0.25, -0.2) is 0 Å². The molecule has 0 spiro atoms. The Morgan fingerprint density at radius 3 is 2.79 bits per heavy atom. The molecule has 0 N–H and O–H groups in total. The summed E-state index contributed by atoms with van der Waals surface area (Å²) < 4.78 is 1.82. The Morgan fingerprint density at radius 2 is 2.08 bits per heavy atom. The molecule has 0 unspecified atom stereocenters. The first kappa shape index (κ1) is 15.1. The number of fused-ring (bicyclic) bond motifs is 3. The number of benzene rings is 1. The van der Waals surface area contributed by atoms with E-state index in [0.29, 0.717) is 22.1 Å². The minimum Gasteiger partial charge on any atom is -0.366 e. The monoisotopic (exact) mass is 344 g/mol. The minimum absolute atomic E-state index is 0.0221. The molecule has 0 amide bonds. The molecule has 7 nitrogen and oxygen atoms in total. The highest BCUT2D eigenvalue weighted by atomic mass is 32.1. The Kier molecular flexibility index (Phi) is 3.49. The largest absolute Gasteiger partial charge is 0.366 e. The van der Waals surface area contributed by atoms with Crippen LogP contribution in [-0.4, -0.2) is 27.4 Å². The van der Waals surface area contributed by atoms with Gasteiger partial charge in [0.1, 0.15) is 5.69 Å². The second kappa shape index (κ2) is 5.55. The molecule has 3 aromatic rings. The van der Waals surface area contributed by atoms with E-state index >= 15 is 0 Å². The molecule has 0 atom stereocenters. The lowest BCUT2D eigenvalue weighted by molar-refractivity contribution is -0.384. The van der Waals surface area contributed by atoms with E-state index in [0.717, 1.165) is 25.9 Å². The molecular formula is C16H16N4O3S. The van der Waals surface area contributed by atoms with Gasteiger partial charge in [0.05, 0.1) is 15.8 Å². The summed E-state index contributed by atoms with van der Waals surface area (Å²) in [7, 11) is 0. The highest BCUT2D eigenvalue weighted by Gasteiger charge is 2.25. The normalized spacial score (nSPS) is 16.1. The summed E-state index contributed by atoms with van der Waals surface area (Å²) in [5, 5.41) is 13.7. The highest BCUT2D eigenvalue weighted by molar-refractivity contribution is 7.15. The van der Waals surface area contributed by atoms with E-state index in [1.807, 2.05) is 16.0 Å². The number of aromatic nitrogens is 2. The molecule has 0 radical (unpaired) electrons. The van der Waals surface area contributed by atoms with Gasteiger partial charge in [0.2, 0.25) is 0 Å². The molecular weight excluding hydrogens is 328 g/mol. The number of nitrogens with zero attached hydrogens (tertiary/aromatic N) is 4. The van der Waals surface area contributed by atoms with E-state index in [-0.39, 0.29) is 11.1 Å². The van der Waals surface area contributed by atoms with Crippen LogP contribution in [-0.2, 0) is 0 Å². The molecule has 1 aliphatic rings. The number of hydrogen-bond acceptors (Lipinski definition) is 6. The summed E-state index contributed by atoms with van der Waals surface area (Å²) in [5.41, 5.74) is 0.816. The summed E-state index contributed by atoms with van der Waals surface area (Å²) in [4.78, 5) is 30.0. The molecule has 1 fully saturated rings. The fourth-order valence-electron chi connectivity index (χ4n) is 3.27. The van der Waals surface area contributed by atoms with Crippen LogP contribution in [0.5, 0.6) is 0 Å². The van der Waals surface area contributed by atoms with Gasteiger partial charge >= 0.3 is 0 Å². The van der Waals surface area contributed by atoms with Crippen LogP contribution in [0.2, 0.25) is 0 Å². The molecule has 3 heterocycles. The first-order valence-corrected chi connectivity index (χ1v) is 8.75. The first-order valence-electron chi connectivity index (χ1n) is 7.87. The summed E-state index contributed by atoms with van der Waals surface area (Å²) in [6.07, 6.45) is 3.86. The van der Waals surface area contributed by atoms with Crippen molar-refractivity contribution >= 4 is 38.6 Å². The van der Waals surface area contributed by atoms with Crippen molar-refractivity contribution in [2.75, 3.05) is 18.0 Å². The zero-order chi connectivity index (χ0) is 16.8. The Balaban J connectivity index is 1.98. The lowest BCUT2D eigenvalue weighted by Gasteiger charge is -2.31. The van der Waals surface area contributed by atoms with E-state index in [1.165, 1.54) is 17.4 Å². The SMILES string of the molecule is CC1CCN(c2cc3c(cc2[N+](=O)[O-])c(=O)nc2sccn23)CC1. The van der Waals surface area contributed by atoms with Gasteiger partial charge in [-0.15, -0.1) is 11.3 Å². The van der Waals surface area contributed by atoms with Crippen molar-refractivity contribution in [3.05, 3.63) is 44.2 Å². The van der Waals surface area contributed by atoms with E-state index in [4.69, 9.17) is 0 Å². The Hall–Kier alpha value is -2.48. The molecule has 8 heteroatoms. The second-order valence-electron chi connectivity index (χ2n) is 6.26. The van der Waals surface area contributed by atoms with Crippen molar-refractivity contribution in [3.63, 3.8) is 0 Å². The number of rotatable bonds is 2. The smallest absolute Gasteiger partial charge is 0.293 e. The standard InChI is InChI=1S/C16H16N4O3S/c1-10-2-4-18(5-3-10)13-9-12-11(8-14(13)20(22)23)15(21)17-16-19(12)6-7-24-16/h6-10H,2-5H2,1H3. The highest BCUT2D eigenvalue weighted by Crippen LogP contribution is 2.34. The van der Waals surface area contributed by atoms with Crippen molar-refractivity contribution in [2.45, 2.75) is 19.8 Å². The van der Waals surface area contributed by atoms with Crippen LogP contribution in [0.1, 0.15) is 19.8 Å². The fourth-order valence-corrected chi connectivity index (χ4v) is 3.98. The quantitative estimate of drug-likeness (QED) is 0.527. The zero-order valence-corrected chi connectivity index (χ0v) is 14.0. The molecule has 4 rings (SSSR count). The number of nitro groups is 1. The lowest BCUT2D eigenvalue weighted by atomic mass is 9.98. The summed E-state index contributed by atoms with van der Waals surface area (Å²) in [6, 6.07) is 3.15. The Labute approximate surface area is 141 Å². The molecule has 124 valence electrons. The van der Waals surface area contributed by atoms with E-state index < -0.39 is 10.5 Å². The van der Waals surface area contributed by atoms with Gasteiger partial charge in [-0.3, -0.25) is 19.3 Å². The summed E-state index contributed by atoms with van der Waals surface area (Å²) in [5.74, 6) is 0.635. The Morgan fingerprint density at radius 1 is 1.33 bits per heavy atom. The van der Waals surface area contributed by atoms with Crippen LogP contribution in [0.25, 0.3) is 15.9 Å². The third-order valence-electron chi connectivity index (χ3n) is 4.69. The molecule has 0 saturated carbocycles. The molecule has 0 aliphatic carbocycles. The van der Waals surface area contributed by atoms with Crippen LogP contribution in [0, 0.1) is 16.0 Å². The summed E-state index contributed by atoms with van der Waals surface area (Å²) >= 11 is 1.37. The van der Waals surface area contributed by atoms with E-state index in [1.54, 1.807) is 6.07 Å². The molecule has 1 saturated heterocycles. The van der Waals surface area contributed by atoms with Crippen molar-refractivity contribution in [1.29, 1.82) is 0 Å². The van der Waals surface area contributed by atoms with E-state index in [2.05, 4.69) is 16.8 Å². The fraction of sp³-hybridized carbons (Fsp3) is 0.375. The maximum Gasteiger partial charge on any atom is 0.293 e. The first-order chi connectivity index (χ1) is 11.5. The zero-order valence-electron chi connectivity index (χ0n) is 13.1. The van der Waals surface area contributed by atoms with Crippen LogP contribution < -0.4 is 10.5 Å². The number of thiazole rings is 1. The molecule has 24 heavy (non-hydrogen) atoms. The number of nitro benzene ring substituents is 1. The van der Waals surface area contributed by atoms with Gasteiger partial charge < -0.3 is 4.90 Å².